The second-order valence-electron chi connectivity index (χ2n) is 11.0. The SMILES string of the molecule is [2H]c1c([2H])c([2H])c(-c2c3c([2H])c([2H])c([2H])c([2H])c3c(-c3c(-c4ccccc4-c4ccccc4)oc4cc(-c5ccccc5)ccc34)c3c([2H])c([2H])c([2H])c([2H])c23)c([2H])c1[2H]. The van der Waals surface area contributed by atoms with E-state index < -0.39 is 84.1 Å². The molecule has 1 nitrogen and oxygen atoms in total. The van der Waals surface area contributed by atoms with Gasteiger partial charge in [-0.05, 0) is 67.1 Å². The van der Waals surface area contributed by atoms with Gasteiger partial charge in [0.25, 0.3) is 0 Å². The van der Waals surface area contributed by atoms with Crippen LogP contribution in [0.2, 0.25) is 0 Å². The second kappa shape index (κ2) is 11.3. The van der Waals surface area contributed by atoms with Gasteiger partial charge in [-0.1, -0.05) is 170 Å². The van der Waals surface area contributed by atoms with Crippen LogP contribution in [-0.2, 0) is 0 Å². The van der Waals surface area contributed by atoms with Crippen molar-refractivity contribution in [3.05, 3.63) is 182 Å². The summed E-state index contributed by atoms with van der Waals surface area (Å²) in [7, 11) is 0. The molecule has 0 amide bonds. The predicted molar refractivity (Wildman–Crippen MR) is 198 cm³/mol. The zero-order chi connectivity index (χ0) is 42.5. The summed E-state index contributed by atoms with van der Waals surface area (Å²) < 4.78 is 124. The fraction of sp³-hybridized carbons (Fsp3) is 0. The van der Waals surface area contributed by atoms with Gasteiger partial charge in [-0.2, -0.15) is 0 Å². The monoisotopic (exact) mass is 611 g/mol. The minimum Gasteiger partial charge on any atom is -0.455 e. The van der Waals surface area contributed by atoms with Crippen LogP contribution in [-0.4, -0.2) is 0 Å². The second-order valence-corrected chi connectivity index (χ2v) is 11.0. The quantitative estimate of drug-likeness (QED) is 0.176. The predicted octanol–water partition coefficient (Wildman–Crippen LogP) is 13.1. The van der Waals surface area contributed by atoms with Gasteiger partial charge in [0.2, 0.25) is 0 Å². The lowest BCUT2D eigenvalue weighted by molar-refractivity contribution is 0.633. The van der Waals surface area contributed by atoms with E-state index in [0.29, 0.717) is 16.5 Å². The highest BCUT2D eigenvalue weighted by Gasteiger charge is 2.25. The van der Waals surface area contributed by atoms with E-state index in [0.717, 1.165) is 22.3 Å². The Labute approximate surface area is 292 Å². The lowest BCUT2D eigenvalue weighted by Crippen LogP contribution is -1.92. The number of hydrogen-bond acceptors (Lipinski definition) is 1. The molecule has 0 atom stereocenters. The zero-order valence-corrected chi connectivity index (χ0v) is 24.7. The van der Waals surface area contributed by atoms with Crippen LogP contribution < -0.4 is 0 Å². The summed E-state index contributed by atoms with van der Waals surface area (Å²) in [6, 6.07) is 23.5. The number of rotatable bonds is 5. The molecular weight excluding hydrogens is 569 g/mol. The van der Waals surface area contributed by atoms with E-state index >= 15 is 0 Å². The van der Waals surface area contributed by atoms with E-state index in [2.05, 4.69) is 0 Å². The summed E-state index contributed by atoms with van der Waals surface area (Å²) >= 11 is 0. The summed E-state index contributed by atoms with van der Waals surface area (Å²) in [5.41, 5.74) is 3.68. The van der Waals surface area contributed by atoms with E-state index in [4.69, 9.17) is 16.8 Å². The van der Waals surface area contributed by atoms with Crippen LogP contribution in [0.25, 0.3) is 88.3 Å². The molecule has 0 fully saturated rings. The largest absolute Gasteiger partial charge is 0.455 e. The number of hydrogen-bond donors (Lipinski definition) is 0. The molecule has 8 aromatic carbocycles. The van der Waals surface area contributed by atoms with Crippen LogP contribution in [0.1, 0.15) is 17.8 Å². The molecule has 0 N–H and O–H groups in total. The van der Waals surface area contributed by atoms with Crippen molar-refractivity contribution in [2.45, 2.75) is 0 Å². The third-order valence-corrected chi connectivity index (χ3v) is 8.43. The molecule has 0 bridgehead atoms. The van der Waals surface area contributed by atoms with Crippen LogP contribution >= 0.6 is 0 Å². The first-order valence-electron chi connectivity index (χ1n) is 21.5. The normalized spacial score (nSPS) is 15.3. The van der Waals surface area contributed by atoms with E-state index in [1.54, 1.807) is 0 Å². The summed E-state index contributed by atoms with van der Waals surface area (Å²) in [6.07, 6.45) is 0. The molecule has 47 heavy (non-hydrogen) atoms. The first-order chi connectivity index (χ1) is 28.7. The van der Waals surface area contributed by atoms with Crippen LogP contribution in [0.5, 0.6) is 0 Å². The van der Waals surface area contributed by atoms with E-state index in [1.807, 2.05) is 103 Å². The van der Waals surface area contributed by atoms with Crippen molar-refractivity contribution in [3.8, 4) is 55.8 Å². The Bertz CT molecular complexity index is 3180. The van der Waals surface area contributed by atoms with E-state index in [1.165, 1.54) is 0 Å². The van der Waals surface area contributed by atoms with Gasteiger partial charge in [0, 0.05) is 22.1 Å². The maximum Gasteiger partial charge on any atom is 0.143 e. The Kier molecular flexibility index (Phi) is 4.08. The third-order valence-electron chi connectivity index (χ3n) is 8.43. The Hall–Kier alpha value is -6.18. The Morgan fingerprint density at radius 1 is 0.362 bits per heavy atom. The average Bonchev–Trinajstić information content (AvgIpc) is 3.65. The molecule has 0 saturated heterocycles. The maximum atomic E-state index is 9.54. The highest BCUT2D eigenvalue weighted by Crippen LogP contribution is 2.51. The Morgan fingerprint density at radius 2 is 0.894 bits per heavy atom. The highest BCUT2D eigenvalue weighted by atomic mass is 16.3. The van der Waals surface area contributed by atoms with Gasteiger partial charge in [0.15, 0.2) is 0 Å². The van der Waals surface area contributed by atoms with Crippen molar-refractivity contribution in [1.29, 1.82) is 0 Å². The van der Waals surface area contributed by atoms with Crippen molar-refractivity contribution in [2.75, 3.05) is 0 Å². The van der Waals surface area contributed by atoms with Crippen LogP contribution in [0.15, 0.2) is 186 Å². The van der Waals surface area contributed by atoms with Gasteiger partial charge in [0.05, 0.1) is 17.8 Å². The summed E-state index contributed by atoms with van der Waals surface area (Å²) in [5.74, 6) is 0.243. The molecule has 1 aromatic heterocycles. The summed E-state index contributed by atoms with van der Waals surface area (Å²) in [4.78, 5) is 0. The van der Waals surface area contributed by atoms with Crippen LogP contribution in [0.3, 0.4) is 0 Å². The molecule has 1 heteroatoms. The minimum atomic E-state index is -0.729. The topological polar surface area (TPSA) is 13.1 Å². The first kappa shape index (κ1) is 16.9. The lowest BCUT2D eigenvalue weighted by Gasteiger charge is -2.18. The molecule has 0 spiro atoms. The molecule has 0 radical (unpaired) electrons. The van der Waals surface area contributed by atoms with Gasteiger partial charge < -0.3 is 4.42 Å². The molecule has 0 aliphatic rings. The molecule has 9 aromatic rings. The first-order valence-corrected chi connectivity index (χ1v) is 15.0. The highest BCUT2D eigenvalue weighted by molar-refractivity contribution is 6.25. The number of furan rings is 1. The van der Waals surface area contributed by atoms with Gasteiger partial charge in [0.1, 0.15) is 11.3 Å². The van der Waals surface area contributed by atoms with Crippen molar-refractivity contribution in [3.63, 3.8) is 0 Å². The van der Waals surface area contributed by atoms with Crippen molar-refractivity contribution in [1.82, 2.24) is 0 Å². The molecule has 0 aliphatic heterocycles. The van der Waals surface area contributed by atoms with Crippen molar-refractivity contribution < 1.29 is 22.2 Å². The smallest absolute Gasteiger partial charge is 0.143 e. The molecule has 220 valence electrons. The number of benzene rings is 8. The fourth-order valence-electron chi connectivity index (χ4n) is 6.40. The molecule has 0 saturated carbocycles. The average molecular weight is 612 g/mol. The van der Waals surface area contributed by atoms with Gasteiger partial charge in [-0.25, -0.2) is 0 Å². The number of fused-ring (bicyclic) bond motifs is 3. The van der Waals surface area contributed by atoms with Gasteiger partial charge in [-0.15, -0.1) is 0 Å². The van der Waals surface area contributed by atoms with E-state index in [-0.39, 0.29) is 44.0 Å². The standard InChI is InChI=1S/C46H30O/c1-4-16-31(17-5-1)34-28-29-41-42(30-34)47-46(40-27-15-10-22-35(40)32-18-6-2-7-19-32)45(41)44-38-25-13-11-23-36(38)43(33-20-8-3-9-21-33)37-24-12-14-26-39(37)44/h1-30H/i3D,8D,9D,11D,12D,13D,14D,20D,21D,23D,24D,25D,26D. The van der Waals surface area contributed by atoms with Gasteiger partial charge in [-0.3, -0.25) is 0 Å². The summed E-state index contributed by atoms with van der Waals surface area (Å²) in [6.45, 7) is 0. The summed E-state index contributed by atoms with van der Waals surface area (Å²) in [5, 5.41) is -0.484. The lowest BCUT2D eigenvalue weighted by atomic mass is 9.84. The Balaban J connectivity index is 1.59. The van der Waals surface area contributed by atoms with Crippen LogP contribution in [0, 0.1) is 0 Å². The van der Waals surface area contributed by atoms with Crippen molar-refractivity contribution >= 4 is 32.5 Å². The molecule has 1 heterocycles. The van der Waals surface area contributed by atoms with Crippen LogP contribution in [0.4, 0.5) is 0 Å². The van der Waals surface area contributed by atoms with Crippen molar-refractivity contribution in [2.24, 2.45) is 0 Å². The van der Waals surface area contributed by atoms with E-state index in [9.17, 15) is 5.48 Å². The zero-order valence-electron chi connectivity index (χ0n) is 37.7. The molecule has 0 unspecified atom stereocenters. The molecular formula is C46H30O. The molecule has 0 aliphatic carbocycles. The molecule has 9 rings (SSSR count). The Morgan fingerprint density at radius 3 is 1.53 bits per heavy atom. The van der Waals surface area contributed by atoms with Gasteiger partial charge >= 0.3 is 0 Å². The maximum absolute atomic E-state index is 9.54. The third kappa shape index (κ3) is 4.56. The fourth-order valence-corrected chi connectivity index (χ4v) is 6.40. The minimum absolute atomic E-state index is 0.000748.